The van der Waals surface area contributed by atoms with E-state index in [0.29, 0.717) is 12.5 Å². The molecule has 0 N–H and O–H groups in total. The summed E-state index contributed by atoms with van der Waals surface area (Å²) in [5.41, 5.74) is 2.22. The van der Waals surface area contributed by atoms with Crippen molar-refractivity contribution in [2.75, 3.05) is 38.5 Å². The van der Waals surface area contributed by atoms with Crippen molar-refractivity contribution in [1.82, 2.24) is 19.6 Å². The maximum Gasteiger partial charge on any atom is 0.267 e. The van der Waals surface area contributed by atoms with Gasteiger partial charge in [0.05, 0.1) is 12.2 Å². The van der Waals surface area contributed by atoms with Gasteiger partial charge >= 0.3 is 0 Å². The molecule has 2 fully saturated rings. The van der Waals surface area contributed by atoms with Crippen LogP contribution in [0.3, 0.4) is 0 Å². The van der Waals surface area contributed by atoms with Gasteiger partial charge in [0.2, 0.25) is 5.91 Å². The first-order valence-electron chi connectivity index (χ1n) is 9.89. The van der Waals surface area contributed by atoms with Crippen LogP contribution in [0.4, 0.5) is 0 Å². The third-order valence-corrected chi connectivity index (χ3v) is 6.93. The first-order chi connectivity index (χ1) is 12.7. The molecule has 1 aliphatic carbocycles. The van der Waals surface area contributed by atoms with E-state index >= 15 is 0 Å². The summed E-state index contributed by atoms with van der Waals surface area (Å²) < 4.78 is 1.63. The Balaban J connectivity index is 1.28. The van der Waals surface area contributed by atoms with Crippen LogP contribution >= 0.6 is 11.8 Å². The molecule has 3 heterocycles. The van der Waals surface area contributed by atoms with Gasteiger partial charge in [-0.3, -0.25) is 14.5 Å². The van der Waals surface area contributed by atoms with E-state index in [9.17, 15) is 9.59 Å². The Bertz CT molecular complexity index is 706. The van der Waals surface area contributed by atoms with Crippen molar-refractivity contribution < 1.29 is 4.79 Å². The molecule has 6 nitrogen and oxygen atoms in total. The van der Waals surface area contributed by atoms with Gasteiger partial charge in [0, 0.05) is 56.9 Å². The minimum Gasteiger partial charge on any atom is -0.340 e. The SMILES string of the molecule is O=C(C1CCCC1)N1CCN(CCn2nc3c(cc2=O)CSCC3)CC1. The average molecular weight is 377 g/mol. The van der Waals surface area contributed by atoms with Gasteiger partial charge in [0.15, 0.2) is 0 Å². The molecule has 4 rings (SSSR count). The van der Waals surface area contributed by atoms with Crippen LogP contribution in [0.2, 0.25) is 0 Å². The first-order valence-corrected chi connectivity index (χ1v) is 11.0. The van der Waals surface area contributed by atoms with E-state index in [2.05, 4.69) is 10.00 Å². The number of nitrogens with zero attached hydrogens (tertiary/aromatic N) is 4. The third kappa shape index (κ3) is 3.98. The highest BCUT2D eigenvalue weighted by atomic mass is 32.2. The van der Waals surface area contributed by atoms with Crippen LogP contribution in [0.25, 0.3) is 0 Å². The van der Waals surface area contributed by atoms with E-state index in [0.717, 1.165) is 74.7 Å². The predicted octanol–water partition coefficient (Wildman–Crippen LogP) is 1.37. The van der Waals surface area contributed by atoms with Crippen molar-refractivity contribution in [3.05, 3.63) is 27.7 Å². The first kappa shape index (κ1) is 18.0. The Kier molecular flexibility index (Phi) is 5.64. The van der Waals surface area contributed by atoms with E-state index in [1.54, 1.807) is 10.7 Å². The minimum atomic E-state index is 0.0151. The summed E-state index contributed by atoms with van der Waals surface area (Å²) in [6.45, 7) is 4.89. The largest absolute Gasteiger partial charge is 0.340 e. The molecule has 1 aromatic rings. The van der Waals surface area contributed by atoms with E-state index in [4.69, 9.17) is 0 Å². The van der Waals surface area contributed by atoms with Crippen molar-refractivity contribution >= 4 is 17.7 Å². The second-order valence-electron chi connectivity index (χ2n) is 7.63. The molecule has 1 saturated carbocycles. The van der Waals surface area contributed by atoms with Crippen molar-refractivity contribution in [2.24, 2.45) is 5.92 Å². The van der Waals surface area contributed by atoms with Crippen molar-refractivity contribution in [3.63, 3.8) is 0 Å². The Hall–Kier alpha value is -1.34. The van der Waals surface area contributed by atoms with Crippen LogP contribution < -0.4 is 5.56 Å². The molecule has 1 amide bonds. The zero-order valence-corrected chi connectivity index (χ0v) is 16.2. The van der Waals surface area contributed by atoms with Crippen LogP contribution in [0.15, 0.2) is 10.9 Å². The van der Waals surface area contributed by atoms with Crippen LogP contribution in [0.5, 0.6) is 0 Å². The summed E-state index contributed by atoms with van der Waals surface area (Å²) in [6.07, 6.45) is 5.52. The van der Waals surface area contributed by atoms with Gasteiger partial charge in [-0.05, 0) is 24.2 Å². The summed E-state index contributed by atoms with van der Waals surface area (Å²) in [5, 5.41) is 4.59. The van der Waals surface area contributed by atoms with Gasteiger partial charge in [0.1, 0.15) is 0 Å². The number of aryl methyl sites for hydroxylation is 1. The number of carbonyl (C=O) groups is 1. The number of piperazine rings is 1. The fourth-order valence-corrected chi connectivity index (χ4v) is 5.22. The molecule has 3 aliphatic rings. The van der Waals surface area contributed by atoms with Crippen LogP contribution in [0.1, 0.15) is 36.9 Å². The van der Waals surface area contributed by atoms with Gasteiger partial charge in [-0.15, -0.1) is 0 Å². The normalized spacial score (nSPS) is 21.8. The summed E-state index contributed by atoms with van der Waals surface area (Å²) in [6, 6.07) is 1.77. The highest BCUT2D eigenvalue weighted by Gasteiger charge is 2.29. The monoisotopic (exact) mass is 376 g/mol. The summed E-state index contributed by atoms with van der Waals surface area (Å²) >= 11 is 1.87. The average Bonchev–Trinajstić information content (AvgIpc) is 3.21. The number of aromatic nitrogens is 2. The molecule has 2 aliphatic heterocycles. The molecule has 0 aromatic carbocycles. The molecule has 1 saturated heterocycles. The number of hydrogen-bond acceptors (Lipinski definition) is 5. The number of fused-ring (bicyclic) bond motifs is 1. The quantitative estimate of drug-likeness (QED) is 0.794. The Morgan fingerprint density at radius 3 is 2.69 bits per heavy atom. The lowest BCUT2D eigenvalue weighted by atomic mass is 10.1. The fourth-order valence-electron chi connectivity index (χ4n) is 4.27. The smallest absolute Gasteiger partial charge is 0.267 e. The number of hydrogen-bond donors (Lipinski definition) is 0. The van der Waals surface area contributed by atoms with Gasteiger partial charge in [0.25, 0.3) is 5.56 Å². The van der Waals surface area contributed by atoms with E-state index in [1.807, 2.05) is 16.7 Å². The lowest BCUT2D eigenvalue weighted by molar-refractivity contribution is -0.137. The molecule has 0 radical (unpaired) electrons. The Morgan fingerprint density at radius 1 is 1.15 bits per heavy atom. The zero-order valence-electron chi connectivity index (χ0n) is 15.4. The number of rotatable bonds is 4. The molecule has 7 heteroatoms. The molecular weight excluding hydrogens is 348 g/mol. The Morgan fingerprint density at radius 2 is 1.92 bits per heavy atom. The maximum absolute atomic E-state index is 12.5. The second-order valence-corrected chi connectivity index (χ2v) is 8.73. The van der Waals surface area contributed by atoms with Gasteiger partial charge < -0.3 is 4.90 Å². The number of carbonyl (C=O) groups excluding carboxylic acids is 1. The standard InChI is InChI=1S/C19H28N4O2S/c24-18-13-16-14-26-12-5-17(16)20-23(18)11-8-21-6-9-22(10-7-21)19(25)15-3-1-2-4-15/h13,15H,1-12,14H2. The molecule has 0 unspecified atom stereocenters. The van der Waals surface area contributed by atoms with Crippen LogP contribution in [-0.4, -0.2) is 64.0 Å². The molecule has 0 atom stereocenters. The molecule has 1 aromatic heterocycles. The summed E-state index contributed by atoms with van der Waals surface area (Å²) in [7, 11) is 0. The summed E-state index contributed by atoms with van der Waals surface area (Å²) in [5.74, 6) is 2.65. The van der Waals surface area contributed by atoms with Crippen LogP contribution in [0, 0.1) is 5.92 Å². The highest BCUT2D eigenvalue weighted by Crippen LogP contribution is 2.27. The van der Waals surface area contributed by atoms with Crippen molar-refractivity contribution in [1.29, 1.82) is 0 Å². The topological polar surface area (TPSA) is 58.4 Å². The van der Waals surface area contributed by atoms with Crippen LogP contribution in [-0.2, 0) is 23.5 Å². The van der Waals surface area contributed by atoms with E-state index < -0.39 is 0 Å². The number of thioether (sulfide) groups is 1. The molecule has 0 spiro atoms. The Labute approximate surface area is 158 Å². The third-order valence-electron chi connectivity index (χ3n) is 5.92. The second kappa shape index (κ2) is 8.13. The lowest BCUT2D eigenvalue weighted by Crippen LogP contribution is -2.50. The van der Waals surface area contributed by atoms with Gasteiger partial charge in [-0.1, -0.05) is 12.8 Å². The molecule has 0 bridgehead atoms. The maximum atomic E-state index is 12.5. The van der Waals surface area contributed by atoms with E-state index in [-0.39, 0.29) is 11.5 Å². The molecule has 26 heavy (non-hydrogen) atoms. The predicted molar refractivity (Wildman–Crippen MR) is 103 cm³/mol. The van der Waals surface area contributed by atoms with Crippen molar-refractivity contribution in [2.45, 2.75) is 44.4 Å². The molecule has 142 valence electrons. The van der Waals surface area contributed by atoms with E-state index in [1.165, 1.54) is 12.8 Å². The zero-order chi connectivity index (χ0) is 17.9. The van der Waals surface area contributed by atoms with Crippen molar-refractivity contribution in [3.8, 4) is 0 Å². The fraction of sp³-hybridized carbons (Fsp3) is 0.737. The summed E-state index contributed by atoms with van der Waals surface area (Å²) in [4.78, 5) is 29.2. The van der Waals surface area contributed by atoms with Gasteiger partial charge in [-0.2, -0.15) is 16.9 Å². The van der Waals surface area contributed by atoms with Gasteiger partial charge in [-0.25, -0.2) is 4.68 Å². The molecular formula is C19H28N4O2S. The lowest BCUT2D eigenvalue weighted by Gasteiger charge is -2.36. The minimum absolute atomic E-state index is 0.0151. The number of amides is 1. The highest BCUT2D eigenvalue weighted by molar-refractivity contribution is 7.98.